The minimum Gasteiger partial charge on any atom is -0.486 e. The van der Waals surface area contributed by atoms with Gasteiger partial charge in [-0.3, -0.25) is 4.79 Å². The highest BCUT2D eigenvalue weighted by Crippen LogP contribution is 2.21. The lowest BCUT2D eigenvalue weighted by Gasteiger charge is -2.11. The summed E-state index contributed by atoms with van der Waals surface area (Å²) in [4.78, 5) is 12.1. The molecule has 1 aliphatic heterocycles. The third kappa shape index (κ3) is 2.41. The van der Waals surface area contributed by atoms with Crippen molar-refractivity contribution in [1.29, 1.82) is 0 Å². The number of aromatic nitrogens is 2. The topological polar surface area (TPSA) is 52.8 Å². The largest absolute Gasteiger partial charge is 0.486 e. The van der Waals surface area contributed by atoms with Gasteiger partial charge in [0.15, 0.2) is 5.78 Å². The van der Waals surface area contributed by atoms with Crippen LogP contribution >= 0.6 is 0 Å². The second-order valence-electron chi connectivity index (χ2n) is 5.38. The monoisotopic (exact) mass is 274 g/mol. The van der Waals surface area contributed by atoms with E-state index in [1.807, 2.05) is 32.2 Å². The van der Waals surface area contributed by atoms with Gasteiger partial charge in [0.1, 0.15) is 11.9 Å². The molecule has 0 aromatic carbocycles. The van der Waals surface area contributed by atoms with Gasteiger partial charge in [-0.25, -0.2) is 4.52 Å². The van der Waals surface area contributed by atoms with Crippen LogP contribution in [0.25, 0.3) is 5.52 Å². The van der Waals surface area contributed by atoms with Gasteiger partial charge >= 0.3 is 0 Å². The summed E-state index contributed by atoms with van der Waals surface area (Å²) in [7, 11) is 0. The van der Waals surface area contributed by atoms with Crippen molar-refractivity contribution >= 4 is 11.3 Å². The van der Waals surface area contributed by atoms with E-state index in [0.29, 0.717) is 12.2 Å². The first-order valence-electron chi connectivity index (χ1n) is 6.91. The molecule has 3 heterocycles. The predicted octanol–water partition coefficient (Wildman–Crippen LogP) is 2.34. The van der Waals surface area contributed by atoms with Gasteiger partial charge in [-0.15, -0.1) is 0 Å². The number of nitrogens with zero attached hydrogens (tertiary/aromatic N) is 2. The van der Waals surface area contributed by atoms with Gasteiger partial charge in [0.2, 0.25) is 0 Å². The molecule has 1 aliphatic rings. The van der Waals surface area contributed by atoms with Crippen molar-refractivity contribution in [2.24, 2.45) is 5.92 Å². The van der Waals surface area contributed by atoms with E-state index in [0.717, 1.165) is 24.3 Å². The lowest BCUT2D eigenvalue weighted by Crippen LogP contribution is -2.16. The number of rotatable bonds is 4. The van der Waals surface area contributed by atoms with Crippen LogP contribution in [0.3, 0.4) is 0 Å². The number of fused-ring (bicyclic) bond motifs is 1. The van der Waals surface area contributed by atoms with Gasteiger partial charge in [0.05, 0.1) is 36.7 Å². The molecule has 1 saturated heterocycles. The highest BCUT2D eigenvalue weighted by molar-refractivity contribution is 6.03. The number of carbonyl (C=O) groups excluding carboxylic acids is 1. The van der Waals surface area contributed by atoms with Gasteiger partial charge in [-0.1, -0.05) is 13.8 Å². The summed E-state index contributed by atoms with van der Waals surface area (Å²) in [6, 6.07) is 3.76. The van der Waals surface area contributed by atoms with E-state index in [2.05, 4.69) is 5.10 Å². The first-order valence-corrected chi connectivity index (χ1v) is 6.91. The van der Waals surface area contributed by atoms with Crippen LogP contribution in [-0.4, -0.2) is 34.7 Å². The van der Waals surface area contributed by atoms with Gasteiger partial charge in [0, 0.05) is 12.3 Å². The fraction of sp³-hybridized carbons (Fsp3) is 0.467. The van der Waals surface area contributed by atoms with E-state index in [1.54, 1.807) is 10.7 Å². The maximum absolute atomic E-state index is 12.1. The third-order valence-corrected chi connectivity index (χ3v) is 3.47. The van der Waals surface area contributed by atoms with Gasteiger partial charge < -0.3 is 9.47 Å². The van der Waals surface area contributed by atoms with Gasteiger partial charge in [-0.05, 0) is 12.1 Å². The van der Waals surface area contributed by atoms with Crippen LogP contribution < -0.4 is 4.74 Å². The van der Waals surface area contributed by atoms with Crippen molar-refractivity contribution in [2.75, 3.05) is 13.2 Å². The van der Waals surface area contributed by atoms with Crippen molar-refractivity contribution in [3.05, 3.63) is 30.1 Å². The van der Waals surface area contributed by atoms with E-state index in [9.17, 15) is 4.79 Å². The summed E-state index contributed by atoms with van der Waals surface area (Å²) in [6.07, 6.45) is 4.46. The molecular weight excluding hydrogens is 256 g/mol. The third-order valence-electron chi connectivity index (χ3n) is 3.47. The number of Topliss-reactive ketones (excluding diaryl/α,β-unsaturated/α-hetero) is 1. The molecule has 0 radical (unpaired) electrons. The molecule has 1 fully saturated rings. The van der Waals surface area contributed by atoms with E-state index in [-0.39, 0.29) is 17.8 Å². The summed E-state index contributed by atoms with van der Waals surface area (Å²) in [6.45, 7) is 5.17. The normalized spacial score (nSPS) is 18.9. The SMILES string of the molecule is CC(C)C(=O)c1cnn2cc(OC3CCOC3)ccc12. The molecule has 0 spiro atoms. The Morgan fingerprint density at radius 3 is 3.05 bits per heavy atom. The Kier molecular flexibility index (Phi) is 3.44. The molecule has 0 N–H and O–H groups in total. The molecule has 1 unspecified atom stereocenters. The average molecular weight is 274 g/mol. The zero-order valence-electron chi connectivity index (χ0n) is 11.7. The zero-order chi connectivity index (χ0) is 14.1. The average Bonchev–Trinajstić information content (AvgIpc) is 3.06. The Labute approximate surface area is 117 Å². The smallest absolute Gasteiger partial charge is 0.169 e. The molecule has 0 amide bonds. The molecule has 5 nitrogen and oxygen atoms in total. The molecule has 106 valence electrons. The fourth-order valence-electron chi connectivity index (χ4n) is 2.33. The highest BCUT2D eigenvalue weighted by Gasteiger charge is 2.19. The Balaban J connectivity index is 1.87. The Bertz CT molecular complexity index is 627. The number of hydrogen-bond acceptors (Lipinski definition) is 4. The molecule has 0 aliphatic carbocycles. The number of ether oxygens (including phenoxy) is 2. The summed E-state index contributed by atoms with van der Waals surface area (Å²) in [5.41, 5.74) is 1.48. The fourth-order valence-corrected chi connectivity index (χ4v) is 2.33. The lowest BCUT2D eigenvalue weighted by molar-refractivity contribution is 0.0941. The minimum absolute atomic E-state index is 0.0328. The molecule has 2 aromatic rings. The van der Waals surface area contributed by atoms with Crippen LogP contribution in [0.1, 0.15) is 30.6 Å². The lowest BCUT2D eigenvalue weighted by atomic mass is 10.0. The minimum atomic E-state index is -0.0328. The van der Waals surface area contributed by atoms with E-state index < -0.39 is 0 Å². The second kappa shape index (κ2) is 5.25. The Morgan fingerprint density at radius 2 is 2.35 bits per heavy atom. The van der Waals surface area contributed by atoms with Crippen LogP contribution in [0, 0.1) is 5.92 Å². The quantitative estimate of drug-likeness (QED) is 0.803. The summed E-state index contributed by atoms with van der Waals surface area (Å²) >= 11 is 0. The van der Waals surface area contributed by atoms with Crippen LogP contribution in [0.2, 0.25) is 0 Å². The van der Waals surface area contributed by atoms with Gasteiger partial charge in [0.25, 0.3) is 0 Å². The zero-order valence-corrected chi connectivity index (χ0v) is 11.7. The van der Waals surface area contributed by atoms with Crippen molar-refractivity contribution in [3.8, 4) is 5.75 Å². The molecule has 0 saturated carbocycles. The first kappa shape index (κ1) is 13.1. The molecule has 2 aromatic heterocycles. The number of carbonyl (C=O) groups is 1. The second-order valence-corrected chi connectivity index (χ2v) is 5.38. The number of hydrogen-bond donors (Lipinski definition) is 0. The number of ketones is 1. The summed E-state index contributed by atoms with van der Waals surface area (Å²) in [5, 5.41) is 4.24. The standard InChI is InChI=1S/C15H18N2O3/c1-10(2)15(18)13-7-16-17-8-11(3-4-14(13)17)20-12-5-6-19-9-12/h3-4,7-8,10,12H,5-6,9H2,1-2H3. The maximum atomic E-state index is 12.1. The summed E-state index contributed by atoms with van der Waals surface area (Å²) < 4.78 is 12.8. The van der Waals surface area contributed by atoms with Crippen LogP contribution in [0.4, 0.5) is 0 Å². The maximum Gasteiger partial charge on any atom is 0.169 e. The molecule has 3 rings (SSSR count). The molecule has 1 atom stereocenters. The molecule has 5 heteroatoms. The Morgan fingerprint density at radius 1 is 1.50 bits per heavy atom. The van der Waals surface area contributed by atoms with E-state index in [4.69, 9.17) is 9.47 Å². The van der Waals surface area contributed by atoms with Crippen LogP contribution in [0.15, 0.2) is 24.5 Å². The van der Waals surface area contributed by atoms with E-state index >= 15 is 0 Å². The van der Waals surface area contributed by atoms with E-state index in [1.165, 1.54) is 0 Å². The molecule has 20 heavy (non-hydrogen) atoms. The number of pyridine rings is 1. The van der Waals surface area contributed by atoms with Crippen molar-refractivity contribution < 1.29 is 14.3 Å². The molecular formula is C15H18N2O3. The van der Waals surface area contributed by atoms with Crippen LogP contribution in [-0.2, 0) is 4.74 Å². The predicted molar refractivity (Wildman–Crippen MR) is 74.2 cm³/mol. The van der Waals surface area contributed by atoms with Crippen LogP contribution in [0.5, 0.6) is 5.75 Å². The highest BCUT2D eigenvalue weighted by atomic mass is 16.5. The van der Waals surface area contributed by atoms with Gasteiger partial charge in [-0.2, -0.15) is 5.10 Å². The van der Waals surface area contributed by atoms with Crippen molar-refractivity contribution in [3.63, 3.8) is 0 Å². The summed E-state index contributed by atoms with van der Waals surface area (Å²) in [5.74, 6) is 0.826. The van der Waals surface area contributed by atoms with Crippen molar-refractivity contribution in [2.45, 2.75) is 26.4 Å². The first-order chi connectivity index (χ1) is 9.65. The Hall–Kier alpha value is -1.88. The molecule has 0 bridgehead atoms. The van der Waals surface area contributed by atoms with Crippen molar-refractivity contribution in [1.82, 2.24) is 9.61 Å².